The van der Waals surface area contributed by atoms with Gasteiger partial charge in [-0.3, -0.25) is 9.20 Å². The highest BCUT2D eigenvalue weighted by atomic mass is 32.2. The molecule has 5 rings (SSSR count). The summed E-state index contributed by atoms with van der Waals surface area (Å²) in [4.78, 5) is 20.8. The number of nitrogens with zero attached hydrogens (tertiary/aromatic N) is 4. The predicted octanol–water partition coefficient (Wildman–Crippen LogP) is 3.34. The molecule has 1 amide bonds. The largest absolute Gasteiger partial charge is 0.340 e. The van der Waals surface area contributed by atoms with Crippen molar-refractivity contribution in [3.05, 3.63) is 64.9 Å². The molecule has 0 saturated carbocycles. The van der Waals surface area contributed by atoms with Gasteiger partial charge < -0.3 is 4.90 Å². The van der Waals surface area contributed by atoms with Crippen molar-refractivity contribution in [2.24, 2.45) is 0 Å². The van der Waals surface area contributed by atoms with Crippen LogP contribution in [0, 0.1) is 5.82 Å². The molecule has 7 nitrogen and oxygen atoms in total. The van der Waals surface area contributed by atoms with E-state index in [2.05, 4.69) is 4.98 Å². The van der Waals surface area contributed by atoms with Gasteiger partial charge in [0.2, 0.25) is 15.9 Å². The van der Waals surface area contributed by atoms with E-state index in [1.165, 1.54) is 33.8 Å². The fraction of sp³-hybridized carbons (Fsp3) is 0.238. The number of carbonyl (C=O) groups excluding carboxylic acids is 1. The maximum Gasteiger partial charge on any atom is 0.246 e. The van der Waals surface area contributed by atoms with Crippen molar-refractivity contribution in [1.82, 2.24) is 18.6 Å². The zero-order valence-electron chi connectivity index (χ0n) is 16.8. The van der Waals surface area contributed by atoms with Gasteiger partial charge in [-0.05, 0) is 23.6 Å². The monoisotopic (exact) mass is 490 g/mol. The van der Waals surface area contributed by atoms with Crippen molar-refractivity contribution in [3.8, 4) is 10.6 Å². The van der Waals surface area contributed by atoms with Gasteiger partial charge in [-0.25, -0.2) is 17.8 Å². The average molecular weight is 491 g/mol. The minimum absolute atomic E-state index is 0.0704. The highest BCUT2D eigenvalue weighted by Gasteiger charge is 2.32. The van der Waals surface area contributed by atoms with E-state index in [0.717, 1.165) is 27.3 Å². The number of hydrogen-bond donors (Lipinski definition) is 0. The third kappa shape index (κ3) is 3.85. The Labute approximate surface area is 192 Å². The van der Waals surface area contributed by atoms with Crippen molar-refractivity contribution in [2.75, 3.05) is 26.2 Å². The second-order valence-corrected chi connectivity index (χ2v) is 11.1. The number of hydrogen-bond acceptors (Lipinski definition) is 6. The number of benzene rings is 1. The molecule has 1 aromatic carbocycles. The molecule has 1 saturated heterocycles. The summed E-state index contributed by atoms with van der Waals surface area (Å²) in [5.41, 5.74) is 1.74. The molecule has 4 heterocycles. The van der Waals surface area contributed by atoms with Crippen molar-refractivity contribution >= 4 is 43.6 Å². The minimum atomic E-state index is -3.93. The van der Waals surface area contributed by atoms with E-state index in [1.54, 1.807) is 16.2 Å². The lowest BCUT2D eigenvalue weighted by Crippen LogP contribution is -2.51. The van der Waals surface area contributed by atoms with Gasteiger partial charge in [0.05, 0.1) is 11.3 Å². The number of imidazole rings is 1. The Bertz CT molecular complexity index is 1370. The Morgan fingerprint density at radius 1 is 1.06 bits per heavy atom. The molecule has 0 atom stereocenters. The van der Waals surface area contributed by atoms with Gasteiger partial charge >= 0.3 is 0 Å². The van der Waals surface area contributed by atoms with Crippen LogP contribution in [0.5, 0.6) is 0 Å². The molecule has 3 aromatic heterocycles. The van der Waals surface area contributed by atoms with Crippen LogP contribution in [0.15, 0.2) is 58.3 Å². The molecule has 11 heteroatoms. The number of rotatable bonds is 5. The number of amides is 1. The van der Waals surface area contributed by atoms with Crippen LogP contribution in [0.2, 0.25) is 0 Å². The first-order valence-electron chi connectivity index (χ1n) is 9.95. The predicted molar refractivity (Wildman–Crippen MR) is 122 cm³/mol. The second kappa shape index (κ2) is 8.39. The zero-order valence-corrected chi connectivity index (χ0v) is 19.3. The molecule has 1 aliphatic rings. The molecule has 0 unspecified atom stereocenters. The molecule has 0 radical (unpaired) electrons. The van der Waals surface area contributed by atoms with Crippen LogP contribution < -0.4 is 0 Å². The van der Waals surface area contributed by atoms with Crippen LogP contribution >= 0.6 is 22.7 Å². The molecule has 0 bridgehead atoms. The molecule has 166 valence electrons. The molecule has 1 fully saturated rings. The van der Waals surface area contributed by atoms with Crippen molar-refractivity contribution in [1.29, 1.82) is 0 Å². The van der Waals surface area contributed by atoms with Crippen molar-refractivity contribution < 1.29 is 17.6 Å². The Morgan fingerprint density at radius 3 is 2.56 bits per heavy atom. The average Bonchev–Trinajstić information content (AvgIpc) is 3.52. The molecular weight excluding hydrogens is 471 g/mol. The van der Waals surface area contributed by atoms with E-state index >= 15 is 0 Å². The normalized spacial score (nSPS) is 15.5. The number of fused-ring (bicyclic) bond motifs is 1. The number of piperazine rings is 1. The molecule has 1 aliphatic heterocycles. The quantitative estimate of drug-likeness (QED) is 0.430. The molecular formula is C21H19FN4O3S3. The summed E-state index contributed by atoms with van der Waals surface area (Å²) in [6, 6.07) is 9.34. The highest BCUT2D eigenvalue weighted by Crippen LogP contribution is 2.27. The van der Waals surface area contributed by atoms with Crippen LogP contribution in [-0.2, 0) is 21.2 Å². The summed E-state index contributed by atoms with van der Waals surface area (Å²) >= 11 is 3.10. The number of thiazole rings is 1. The van der Waals surface area contributed by atoms with E-state index in [-0.39, 0.29) is 43.4 Å². The summed E-state index contributed by atoms with van der Waals surface area (Å²) in [5.74, 6) is -0.839. The maximum absolute atomic E-state index is 14.0. The smallest absolute Gasteiger partial charge is 0.246 e. The first-order valence-corrected chi connectivity index (χ1v) is 13.2. The lowest BCUT2D eigenvalue weighted by molar-refractivity contribution is -0.131. The number of thiophene rings is 1. The van der Waals surface area contributed by atoms with Gasteiger partial charge in [-0.2, -0.15) is 4.31 Å². The van der Waals surface area contributed by atoms with E-state index in [4.69, 9.17) is 0 Å². The Kier molecular flexibility index (Phi) is 5.58. The standard InChI is InChI=1S/C21H19FN4O3S3/c22-16-4-1-2-6-19(16)32(28,29)25-9-7-24(8-10-25)20(27)12-15-14-31-21-23-17(13-26(15)21)18-5-3-11-30-18/h1-6,11,13-14H,7-10,12H2. The van der Waals surface area contributed by atoms with E-state index in [0.29, 0.717) is 0 Å². The Morgan fingerprint density at radius 2 is 1.84 bits per heavy atom. The number of sulfonamides is 1. The van der Waals surface area contributed by atoms with Gasteiger partial charge in [0.25, 0.3) is 0 Å². The molecule has 32 heavy (non-hydrogen) atoms. The van der Waals surface area contributed by atoms with E-state index < -0.39 is 15.8 Å². The maximum atomic E-state index is 14.0. The summed E-state index contributed by atoms with van der Waals surface area (Å²) in [6.45, 7) is 0.804. The van der Waals surface area contributed by atoms with Gasteiger partial charge in [0.15, 0.2) is 4.96 Å². The lowest BCUT2D eigenvalue weighted by atomic mass is 10.2. The molecule has 4 aromatic rings. The number of aromatic nitrogens is 2. The first kappa shape index (κ1) is 21.3. The van der Waals surface area contributed by atoms with Crippen molar-refractivity contribution in [3.63, 3.8) is 0 Å². The highest BCUT2D eigenvalue weighted by molar-refractivity contribution is 7.89. The number of carbonyl (C=O) groups is 1. The van der Waals surface area contributed by atoms with Crippen LogP contribution in [0.4, 0.5) is 4.39 Å². The van der Waals surface area contributed by atoms with E-state index in [1.807, 2.05) is 33.5 Å². The molecule has 0 N–H and O–H groups in total. The van der Waals surface area contributed by atoms with Crippen LogP contribution in [0.1, 0.15) is 5.69 Å². The topological polar surface area (TPSA) is 75.0 Å². The summed E-state index contributed by atoms with van der Waals surface area (Å²) in [5, 5.41) is 3.93. The summed E-state index contributed by atoms with van der Waals surface area (Å²) < 4.78 is 42.7. The van der Waals surface area contributed by atoms with Crippen LogP contribution in [0.25, 0.3) is 15.5 Å². The first-order chi connectivity index (χ1) is 15.4. The van der Waals surface area contributed by atoms with Gasteiger partial charge in [0, 0.05) is 43.4 Å². The summed E-state index contributed by atoms with van der Waals surface area (Å²) in [6.07, 6.45) is 2.15. The third-order valence-corrected chi connectivity index (χ3v) is 9.15. The van der Waals surface area contributed by atoms with Crippen molar-refractivity contribution in [2.45, 2.75) is 11.3 Å². The van der Waals surface area contributed by atoms with E-state index in [9.17, 15) is 17.6 Å². The minimum Gasteiger partial charge on any atom is -0.340 e. The Balaban J connectivity index is 1.26. The second-order valence-electron chi connectivity index (χ2n) is 7.38. The SMILES string of the molecule is O=C(Cc1csc2nc(-c3cccs3)cn12)N1CCN(S(=O)(=O)c2ccccc2F)CC1. The fourth-order valence-electron chi connectivity index (χ4n) is 3.74. The fourth-order valence-corrected chi connectivity index (χ4v) is 6.78. The number of halogens is 1. The third-order valence-electron chi connectivity index (χ3n) is 5.44. The van der Waals surface area contributed by atoms with Gasteiger partial charge in [-0.1, -0.05) is 18.2 Å². The molecule has 0 spiro atoms. The Hall–Kier alpha value is -2.60. The lowest BCUT2D eigenvalue weighted by Gasteiger charge is -2.34. The van der Waals surface area contributed by atoms with Crippen LogP contribution in [-0.4, -0.2) is 59.1 Å². The zero-order chi connectivity index (χ0) is 22.3. The molecule has 0 aliphatic carbocycles. The van der Waals surface area contributed by atoms with Gasteiger partial charge in [-0.15, -0.1) is 22.7 Å². The summed E-state index contributed by atoms with van der Waals surface area (Å²) in [7, 11) is -3.93. The van der Waals surface area contributed by atoms with Gasteiger partial charge in [0.1, 0.15) is 16.4 Å². The van der Waals surface area contributed by atoms with Crippen LogP contribution in [0.3, 0.4) is 0 Å².